The topological polar surface area (TPSA) is 80.9 Å². The molecule has 2 aromatic heterocycles. The smallest absolute Gasteiger partial charge is 0.268 e. The number of carbonyl (C=O) groups is 1. The fourth-order valence-electron chi connectivity index (χ4n) is 1.01. The molecular weight excluding hydrogens is 212 g/mol. The summed E-state index contributed by atoms with van der Waals surface area (Å²) in [4.78, 5) is 19.8. The van der Waals surface area contributed by atoms with Crippen LogP contribution in [0, 0.1) is 0 Å². The molecule has 0 aromatic carbocycles. The minimum atomic E-state index is -0.247. The summed E-state index contributed by atoms with van der Waals surface area (Å²) in [5.74, 6) is 0.261. The number of thiazole rings is 1. The summed E-state index contributed by atoms with van der Waals surface area (Å²) in [6.07, 6.45) is 3.05. The number of carbonyl (C=O) groups excluding carboxylic acids is 1. The molecule has 0 aliphatic heterocycles. The highest BCUT2D eigenvalue weighted by atomic mass is 32.1. The van der Waals surface area contributed by atoms with E-state index >= 15 is 0 Å². The summed E-state index contributed by atoms with van der Waals surface area (Å²) in [5.41, 5.74) is 5.42. The van der Waals surface area contributed by atoms with Crippen molar-refractivity contribution in [1.82, 2.24) is 9.97 Å². The molecule has 2 heterocycles. The van der Waals surface area contributed by atoms with E-state index in [0.29, 0.717) is 15.8 Å². The molecule has 3 N–H and O–H groups in total. The van der Waals surface area contributed by atoms with Crippen molar-refractivity contribution in [3.8, 4) is 0 Å². The Morgan fingerprint density at radius 1 is 1.40 bits per heavy atom. The van der Waals surface area contributed by atoms with E-state index in [2.05, 4.69) is 15.3 Å². The molecule has 0 aliphatic rings. The minimum Gasteiger partial charge on any atom is -0.375 e. The maximum absolute atomic E-state index is 11.6. The van der Waals surface area contributed by atoms with Crippen molar-refractivity contribution in [3.63, 3.8) is 0 Å². The average Bonchev–Trinajstić information content (AvgIpc) is 2.66. The van der Waals surface area contributed by atoms with Gasteiger partial charge in [0.2, 0.25) is 0 Å². The number of pyridine rings is 1. The number of hydrogen-bond acceptors (Lipinski definition) is 5. The highest BCUT2D eigenvalue weighted by Gasteiger charge is 2.09. The largest absolute Gasteiger partial charge is 0.375 e. The van der Waals surface area contributed by atoms with Gasteiger partial charge in [-0.25, -0.2) is 9.97 Å². The molecule has 0 spiro atoms. The fourth-order valence-corrected chi connectivity index (χ4v) is 1.59. The second kappa shape index (κ2) is 4.05. The predicted molar refractivity (Wildman–Crippen MR) is 58.7 cm³/mol. The molecule has 0 fully saturated rings. The van der Waals surface area contributed by atoms with Gasteiger partial charge < -0.3 is 11.1 Å². The van der Waals surface area contributed by atoms with Gasteiger partial charge in [0.25, 0.3) is 5.91 Å². The third kappa shape index (κ3) is 2.29. The Bertz CT molecular complexity index is 468. The van der Waals surface area contributed by atoms with Crippen LogP contribution in [-0.4, -0.2) is 15.9 Å². The van der Waals surface area contributed by atoms with E-state index < -0.39 is 0 Å². The summed E-state index contributed by atoms with van der Waals surface area (Å²) in [5, 5.41) is 3.01. The highest BCUT2D eigenvalue weighted by Crippen LogP contribution is 2.15. The quantitative estimate of drug-likeness (QED) is 0.801. The van der Waals surface area contributed by atoms with Gasteiger partial charge in [-0.2, -0.15) is 0 Å². The van der Waals surface area contributed by atoms with Crippen LogP contribution in [0.15, 0.2) is 30.6 Å². The zero-order valence-corrected chi connectivity index (χ0v) is 8.49. The maximum atomic E-state index is 11.6. The van der Waals surface area contributed by atoms with Gasteiger partial charge in [-0.15, -0.1) is 0 Å². The fraction of sp³-hybridized carbons (Fsp3) is 0. The second-order valence-corrected chi connectivity index (χ2v) is 3.79. The molecule has 2 aromatic rings. The van der Waals surface area contributed by atoms with Crippen molar-refractivity contribution < 1.29 is 4.79 Å². The average molecular weight is 220 g/mol. The molecule has 5 nitrogen and oxygen atoms in total. The zero-order valence-electron chi connectivity index (χ0n) is 7.68. The number of nitrogens with two attached hydrogens (primary N) is 1. The van der Waals surface area contributed by atoms with Gasteiger partial charge in [0.1, 0.15) is 10.7 Å². The van der Waals surface area contributed by atoms with E-state index in [9.17, 15) is 4.79 Å². The van der Waals surface area contributed by atoms with Gasteiger partial charge in [0.15, 0.2) is 5.13 Å². The van der Waals surface area contributed by atoms with E-state index in [-0.39, 0.29) is 5.91 Å². The first-order valence-electron chi connectivity index (χ1n) is 4.19. The van der Waals surface area contributed by atoms with E-state index in [1.54, 1.807) is 24.4 Å². The molecule has 6 heteroatoms. The first kappa shape index (κ1) is 9.60. The molecule has 76 valence electrons. The van der Waals surface area contributed by atoms with Crippen molar-refractivity contribution in [3.05, 3.63) is 35.5 Å². The summed E-state index contributed by atoms with van der Waals surface area (Å²) in [7, 11) is 0. The molecule has 0 unspecified atom stereocenters. The molecule has 0 atom stereocenters. The molecule has 15 heavy (non-hydrogen) atoms. The molecule has 0 aliphatic carbocycles. The number of nitrogens with zero attached hydrogens (tertiary/aromatic N) is 2. The lowest BCUT2D eigenvalue weighted by Crippen LogP contribution is -2.10. The molecule has 0 bridgehead atoms. The van der Waals surface area contributed by atoms with Gasteiger partial charge in [-0.05, 0) is 12.1 Å². The SMILES string of the molecule is Nc1ncc(C(=O)Nc2ccccn2)s1. The van der Waals surface area contributed by atoms with Crippen LogP contribution >= 0.6 is 11.3 Å². The second-order valence-electron chi connectivity index (χ2n) is 2.73. The predicted octanol–water partition coefficient (Wildman–Crippen LogP) is 1.37. The number of aromatic nitrogens is 2. The van der Waals surface area contributed by atoms with Crippen LogP contribution in [0.4, 0.5) is 10.9 Å². The number of hydrogen-bond donors (Lipinski definition) is 2. The minimum absolute atomic E-state index is 0.247. The van der Waals surface area contributed by atoms with Crippen LogP contribution in [0.3, 0.4) is 0 Å². The van der Waals surface area contributed by atoms with Crippen LogP contribution in [0.25, 0.3) is 0 Å². The van der Waals surface area contributed by atoms with E-state index in [0.717, 1.165) is 11.3 Å². The van der Waals surface area contributed by atoms with Crippen molar-refractivity contribution in [2.75, 3.05) is 11.1 Å². The van der Waals surface area contributed by atoms with Gasteiger partial charge in [0, 0.05) is 6.20 Å². The molecular formula is C9H8N4OS. The summed E-state index contributed by atoms with van der Waals surface area (Å²) in [6, 6.07) is 5.28. The lowest BCUT2D eigenvalue weighted by Gasteiger charge is -2.00. The Labute approximate surface area is 90.0 Å². The van der Waals surface area contributed by atoms with Gasteiger partial charge in [-0.3, -0.25) is 4.79 Å². The van der Waals surface area contributed by atoms with Gasteiger partial charge in [0.05, 0.1) is 6.20 Å². The number of amides is 1. The Balaban J connectivity index is 2.11. The molecule has 2 rings (SSSR count). The summed E-state index contributed by atoms with van der Waals surface area (Å²) in [6.45, 7) is 0. The Morgan fingerprint density at radius 2 is 2.27 bits per heavy atom. The van der Waals surface area contributed by atoms with Gasteiger partial charge in [-0.1, -0.05) is 17.4 Å². The molecule has 0 saturated carbocycles. The van der Waals surface area contributed by atoms with Gasteiger partial charge >= 0.3 is 0 Å². The van der Waals surface area contributed by atoms with Crippen molar-refractivity contribution in [2.24, 2.45) is 0 Å². The van der Waals surface area contributed by atoms with Crippen molar-refractivity contribution in [1.29, 1.82) is 0 Å². The standard InChI is InChI=1S/C9H8N4OS/c10-9-12-5-6(15-9)8(14)13-7-3-1-2-4-11-7/h1-5H,(H2,10,12)(H,11,13,14). The zero-order chi connectivity index (χ0) is 10.7. The first-order valence-corrected chi connectivity index (χ1v) is 5.01. The van der Waals surface area contributed by atoms with E-state index in [1.807, 2.05) is 0 Å². The van der Waals surface area contributed by atoms with Crippen LogP contribution < -0.4 is 11.1 Å². The number of rotatable bonds is 2. The number of nitrogens with one attached hydrogen (secondary N) is 1. The highest BCUT2D eigenvalue weighted by molar-refractivity contribution is 7.17. The third-order valence-electron chi connectivity index (χ3n) is 1.65. The lowest BCUT2D eigenvalue weighted by atomic mass is 10.4. The monoisotopic (exact) mass is 220 g/mol. The summed E-state index contributed by atoms with van der Waals surface area (Å²) >= 11 is 1.14. The lowest BCUT2D eigenvalue weighted by molar-refractivity contribution is 0.103. The Morgan fingerprint density at radius 3 is 2.87 bits per heavy atom. The molecule has 0 saturated heterocycles. The van der Waals surface area contributed by atoms with Crippen LogP contribution in [0.5, 0.6) is 0 Å². The number of nitrogen functional groups attached to an aromatic ring is 1. The van der Waals surface area contributed by atoms with E-state index in [1.165, 1.54) is 6.20 Å². The molecule has 1 amide bonds. The first-order chi connectivity index (χ1) is 7.25. The van der Waals surface area contributed by atoms with Crippen LogP contribution in [0.2, 0.25) is 0 Å². The van der Waals surface area contributed by atoms with E-state index in [4.69, 9.17) is 5.73 Å². The molecule has 0 radical (unpaired) electrons. The normalized spacial score (nSPS) is 9.87. The van der Waals surface area contributed by atoms with Crippen LogP contribution in [0.1, 0.15) is 9.67 Å². The Kier molecular flexibility index (Phi) is 2.59. The third-order valence-corrected chi connectivity index (χ3v) is 2.48. The van der Waals surface area contributed by atoms with Crippen molar-refractivity contribution in [2.45, 2.75) is 0 Å². The maximum Gasteiger partial charge on any atom is 0.268 e. The summed E-state index contributed by atoms with van der Waals surface area (Å²) < 4.78 is 0. The number of anilines is 2. The van der Waals surface area contributed by atoms with Crippen molar-refractivity contribution >= 4 is 28.2 Å². The van der Waals surface area contributed by atoms with Crippen LogP contribution in [-0.2, 0) is 0 Å². The Hall–Kier alpha value is -1.95.